The highest BCUT2D eigenvalue weighted by atomic mass is 32.2. The lowest BCUT2D eigenvalue weighted by Gasteiger charge is -2.22. The van der Waals surface area contributed by atoms with Crippen molar-refractivity contribution < 1.29 is 18.7 Å². The lowest BCUT2D eigenvalue weighted by atomic mass is 10.1. The van der Waals surface area contributed by atoms with Crippen molar-refractivity contribution in [2.75, 3.05) is 25.7 Å². The molecule has 6 nitrogen and oxygen atoms in total. The molecular formula is C24H22FN3O3S. The van der Waals surface area contributed by atoms with Crippen LogP contribution in [0.25, 0.3) is 11.4 Å². The van der Waals surface area contributed by atoms with Gasteiger partial charge in [0.15, 0.2) is 17.4 Å². The number of anilines is 2. The molecule has 0 amide bonds. The maximum atomic E-state index is 14.3. The van der Waals surface area contributed by atoms with Crippen molar-refractivity contribution in [1.29, 1.82) is 0 Å². The molecule has 8 heteroatoms. The van der Waals surface area contributed by atoms with Crippen LogP contribution in [-0.2, 0) is 33.9 Å². The molecule has 3 heterocycles. The van der Waals surface area contributed by atoms with Crippen molar-refractivity contribution in [1.82, 2.24) is 9.97 Å². The monoisotopic (exact) mass is 451 g/mol. The normalized spacial score (nSPS) is 14.3. The third kappa shape index (κ3) is 3.68. The molecule has 0 N–H and O–H groups in total. The van der Waals surface area contributed by atoms with Crippen molar-refractivity contribution in [2.45, 2.75) is 24.3 Å². The predicted molar refractivity (Wildman–Crippen MR) is 122 cm³/mol. The predicted octanol–water partition coefficient (Wildman–Crippen LogP) is 4.45. The van der Waals surface area contributed by atoms with Gasteiger partial charge < -0.3 is 14.4 Å². The van der Waals surface area contributed by atoms with E-state index in [1.165, 1.54) is 25.8 Å². The molecule has 164 valence electrons. The molecular weight excluding hydrogens is 429 g/mol. The van der Waals surface area contributed by atoms with E-state index < -0.39 is 5.82 Å². The van der Waals surface area contributed by atoms with Gasteiger partial charge in [-0.25, -0.2) is 14.4 Å². The molecule has 32 heavy (non-hydrogen) atoms. The van der Waals surface area contributed by atoms with E-state index >= 15 is 0 Å². The smallest absolute Gasteiger partial charge is 0.309 e. The Labute approximate surface area is 189 Å². The number of methoxy groups -OCH3 is 2. The SMILES string of the molecule is COC(=O)Cc1ccc2c(c1)CCN2c1nc(-c2ccc(OC)c(F)c2)nc2c1CSC2. The molecule has 0 spiro atoms. The molecule has 2 aromatic carbocycles. The summed E-state index contributed by atoms with van der Waals surface area (Å²) in [4.78, 5) is 23.5. The minimum atomic E-state index is -0.435. The molecule has 0 unspecified atom stereocenters. The molecule has 0 radical (unpaired) electrons. The third-order valence-corrected chi connectivity index (χ3v) is 6.81. The fraction of sp³-hybridized carbons (Fsp3) is 0.292. The summed E-state index contributed by atoms with van der Waals surface area (Å²) in [5, 5.41) is 0. The van der Waals surface area contributed by atoms with Crippen molar-refractivity contribution >= 4 is 29.2 Å². The van der Waals surface area contributed by atoms with Gasteiger partial charge in [0.05, 0.1) is 26.3 Å². The van der Waals surface area contributed by atoms with Crippen molar-refractivity contribution in [3.63, 3.8) is 0 Å². The second-order valence-electron chi connectivity index (χ2n) is 7.76. The number of carbonyl (C=O) groups excluding carboxylic acids is 1. The van der Waals surface area contributed by atoms with Crippen LogP contribution in [0.5, 0.6) is 5.75 Å². The molecule has 0 bridgehead atoms. The van der Waals surface area contributed by atoms with E-state index in [2.05, 4.69) is 11.0 Å². The molecule has 2 aliphatic rings. The second kappa shape index (κ2) is 8.43. The Morgan fingerprint density at radius 1 is 1.16 bits per heavy atom. The summed E-state index contributed by atoms with van der Waals surface area (Å²) in [5.74, 6) is 2.58. The van der Waals surface area contributed by atoms with Gasteiger partial charge in [0, 0.05) is 34.9 Å². The Morgan fingerprint density at radius 3 is 2.81 bits per heavy atom. The number of nitrogens with zero attached hydrogens (tertiary/aromatic N) is 3. The van der Waals surface area contributed by atoms with Crippen molar-refractivity contribution in [3.8, 4) is 17.1 Å². The summed E-state index contributed by atoms with van der Waals surface area (Å²) in [6.07, 6.45) is 1.12. The highest BCUT2D eigenvalue weighted by Crippen LogP contribution is 2.42. The molecule has 3 aromatic rings. The molecule has 5 rings (SSSR count). The first kappa shape index (κ1) is 20.8. The number of thioether (sulfide) groups is 1. The summed E-state index contributed by atoms with van der Waals surface area (Å²) < 4.78 is 24.2. The highest BCUT2D eigenvalue weighted by molar-refractivity contribution is 7.98. The molecule has 0 fully saturated rings. The van der Waals surface area contributed by atoms with Gasteiger partial charge in [-0.15, -0.1) is 0 Å². The zero-order chi connectivity index (χ0) is 22.2. The summed E-state index contributed by atoms with van der Waals surface area (Å²) in [6.45, 7) is 0.793. The average molecular weight is 452 g/mol. The summed E-state index contributed by atoms with van der Waals surface area (Å²) in [5.41, 5.74) is 5.97. The Balaban J connectivity index is 1.54. The van der Waals surface area contributed by atoms with Gasteiger partial charge in [-0.2, -0.15) is 11.8 Å². The largest absolute Gasteiger partial charge is 0.494 e. The third-order valence-electron chi connectivity index (χ3n) is 5.84. The summed E-state index contributed by atoms with van der Waals surface area (Å²) in [7, 11) is 2.85. The van der Waals surface area contributed by atoms with Gasteiger partial charge in [0.25, 0.3) is 0 Å². The van der Waals surface area contributed by atoms with Crippen molar-refractivity contribution in [2.24, 2.45) is 0 Å². The highest BCUT2D eigenvalue weighted by Gasteiger charge is 2.29. The van der Waals surface area contributed by atoms with E-state index in [0.717, 1.165) is 52.8 Å². The number of hydrogen-bond donors (Lipinski definition) is 0. The number of ether oxygens (including phenoxy) is 2. The van der Waals surface area contributed by atoms with E-state index in [4.69, 9.17) is 19.4 Å². The lowest BCUT2D eigenvalue weighted by molar-refractivity contribution is -0.139. The topological polar surface area (TPSA) is 64.5 Å². The Kier molecular flexibility index (Phi) is 5.46. The van der Waals surface area contributed by atoms with E-state index in [9.17, 15) is 9.18 Å². The van der Waals surface area contributed by atoms with E-state index in [1.54, 1.807) is 12.1 Å². The first-order valence-electron chi connectivity index (χ1n) is 10.3. The van der Waals surface area contributed by atoms with Crippen LogP contribution < -0.4 is 9.64 Å². The van der Waals surface area contributed by atoms with Crippen LogP contribution in [0.15, 0.2) is 36.4 Å². The summed E-state index contributed by atoms with van der Waals surface area (Å²) >= 11 is 1.81. The number of hydrogen-bond acceptors (Lipinski definition) is 7. The quantitative estimate of drug-likeness (QED) is 0.531. The maximum Gasteiger partial charge on any atom is 0.309 e. The first-order valence-corrected chi connectivity index (χ1v) is 11.5. The molecule has 0 saturated heterocycles. The van der Waals surface area contributed by atoms with Crippen LogP contribution in [-0.4, -0.2) is 36.7 Å². The molecule has 0 aliphatic carbocycles. The van der Waals surface area contributed by atoms with Crippen LogP contribution in [0.3, 0.4) is 0 Å². The summed E-state index contributed by atoms with van der Waals surface area (Å²) in [6, 6.07) is 10.9. The number of halogens is 1. The van der Waals surface area contributed by atoms with Gasteiger partial charge >= 0.3 is 5.97 Å². The van der Waals surface area contributed by atoms with E-state index in [0.29, 0.717) is 11.4 Å². The standard InChI is InChI=1S/C24H22FN3O3S/c1-30-21-6-4-16(11-18(21)25)23-26-19-13-32-12-17(19)24(27-23)28-8-7-15-9-14(3-5-20(15)28)10-22(29)31-2/h3-6,9,11H,7-8,10,12-13H2,1-2H3. The molecule has 0 saturated carbocycles. The fourth-order valence-electron chi connectivity index (χ4n) is 4.22. The minimum Gasteiger partial charge on any atom is -0.494 e. The van der Waals surface area contributed by atoms with Gasteiger partial charge in [0.1, 0.15) is 5.82 Å². The number of benzene rings is 2. The van der Waals surface area contributed by atoms with Gasteiger partial charge in [-0.1, -0.05) is 12.1 Å². The Morgan fingerprint density at radius 2 is 2.03 bits per heavy atom. The number of aromatic nitrogens is 2. The van der Waals surface area contributed by atoms with Gasteiger partial charge in [-0.3, -0.25) is 4.79 Å². The van der Waals surface area contributed by atoms with Gasteiger partial charge in [0.2, 0.25) is 0 Å². The number of fused-ring (bicyclic) bond motifs is 2. The molecule has 2 aliphatic heterocycles. The first-order chi connectivity index (χ1) is 15.6. The lowest BCUT2D eigenvalue weighted by Crippen LogP contribution is -2.18. The van der Waals surface area contributed by atoms with Gasteiger partial charge in [-0.05, 0) is 41.8 Å². The van der Waals surface area contributed by atoms with Crippen LogP contribution >= 0.6 is 11.8 Å². The average Bonchev–Trinajstić information content (AvgIpc) is 3.45. The molecule has 0 atom stereocenters. The maximum absolute atomic E-state index is 14.3. The van der Waals surface area contributed by atoms with Crippen LogP contribution in [0.1, 0.15) is 22.4 Å². The second-order valence-corrected chi connectivity index (χ2v) is 8.74. The number of carbonyl (C=O) groups is 1. The number of esters is 1. The van der Waals surface area contributed by atoms with Crippen LogP contribution in [0.4, 0.5) is 15.9 Å². The van der Waals surface area contributed by atoms with Crippen molar-refractivity contribution in [3.05, 3.63) is 64.6 Å². The Hall–Kier alpha value is -3.13. The van der Waals surface area contributed by atoms with Crippen LogP contribution in [0, 0.1) is 5.82 Å². The fourth-order valence-corrected chi connectivity index (χ4v) is 5.25. The molecule has 1 aromatic heterocycles. The zero-order valence-electron chi connectivity index (χ0n) is 17.9. The Bertz CT molecular complexity index is 1220. The van der Waals surface area contributed by atoms with Crippen LogP contribution in [0.2, 0.25) is 0 Å². The zero-order valence-corrected chi connectivity index (χ0v) is 18.7. The minimum absolute atomic E-state index is 0.196. The van der Waals surface area contributed by atoms with E-state index in [1.807, 2.05) is 23.9 Å². The van der Waals surface area contributed by atoms with E-state index in [-0.39, 0.29) is 18.1 Å². The number of rotatable bonds is 5.